The van der Waals surface area contributed by atoms with Gasteiger partial charge < -0.3 is 14.5 Å². The molecule has 2 heterocycles. The van der Waals surface area contributed by atoms with Crippen molar-refractivity contribution in [2.24, 2.45) is 0 Å². The predicted octanol–water partition coefficient (Wildman–Crippen LogP) is 2.66. The maximum absolute atomic E-state index is 12.4. The average molecular weight is 335 g/mol. The van der Waals surface area contributed by atoms with Crippen LogP contribution in [0.2, 0.25) is 5.02 Å². The summed E-state index contributed by atoms with van der Waals surface area (Å²) in [4.78, 5) is 14.4. The number of nitrogens with one attached hydrogen (secondary N) is 1. The van der Waals surface area contributed by atoms with Crippen LogP contribution in [0.3, 0.4) is 0 Å². The number of ether oxygens (including phenoxy) is 1. The minimum atomic E-state index is -0.511. The highest BCUT2D eigenvalue weighted by molar-refractivity contribution is 6.30. The number of furan rings is 1. The lowest BCUT2D eigenvalue weighted by molar-refractivity contribution is -0.127. The summed E-state index contributed by atoms with van der Waals surface area (Å²) < 4.78 is 11.1. The van der Waals surface area contributed by atoms with Gasteiger partial charge >= 0.3 is 0 Å². The molecule has 122 valence electrons. The maximum atomic E-state index is 12.4. The molecule has 1 N–H and O–H groups in total. The van der Waals surface area contributed by atoms with Crippen LogP contribution < -0.4 is 10.1 Å². The number of carbonyl (C=O) groups excluding carboxylic acids is 1. The molecule has 0 unspecified atom stereocenters. The Hall–Kier alpha value is -1.98. The molecule has 0 fully saturated rings. The van der Waals surface area contributed by atoms with Crippen LogP contribution in [-0.2, 0) is 11.2 Å². The third-order valence-corrected chi connectivity index (χ3v) is 4.19. The first-order valence-electron chi connectivity index (χ1n) is 7.47. The van der Waals surface area contributed by atoms with Crippen molar-refractivity contribution in [3.8, 4) is 5.75 Å². The molecule has 5 nitrogen and oxygen atoms in total. The zero-order valence-electron chi connectivity index (χ0n) is 13.1. The highest BCUT2D eigenvalue weighted by Crippen LogP contribution is 2.31. The molecule has 0 aliphatic carbocycles. The number of hydrogen-bond acceptors (Lipinski definition) is 4. The number of nitrogens with zero attached hydrogens (tertiary/aromatic N) is 1. The van der Waals surface area contributed by atoms with E-state index in [4.69, 9.17) is 20.8 Å². The summed E-state index contributed by atoms with van der Waals surface area (Å²) in [6.07, 6.45) is 1.66. The number of benzene rings is 1. The molecule has 1 aliphatic heterocycles. The standard InChI is InChI=1S/C17H19ClN2O3/c1-20(2)13(15-4-3-7-22-15)10-19-17(21)16-9-11-8-12(18)5-6-14(11)23-16/h3-8,13,16H,9-10H2,1-2H3,(H,19,21)/t13-,16+/m0/s1. The molecule has 0 saturated heterocycles. The quantitative estimate of drug-likeness (QED) is 0.913. The molecule has 6 heteroatoms. The van der Waals surface area contributed by atoms with Gasteiger partial charge in [0.05, 0.1) is 12.3 Å². The first-order chi connectivity index (χ1) is 11.0. The van der Waals surface area contributed by atoms with E-state index in [-0.39, 0.29) is 11.9 Å². The van der Waals surface area contributed by atoms with E-state index in [1.165, 1.54) is 0 Å². The second-order valence-electron chi connectivity index (χ2n) is 5.80. The minimum Gasteiger partial charge on any atom is -0.480 e. The summed E-state index contributed by atoms with van der Waals surface area (Å²) in [6.45, 7) is 0.455. The van der Waals surface area contributed by atoms with E-state index < -0.39 is 6.10 Å². The number of hydrogen-bond donors (Lipinski definition) is 1. The highest BCUT2D eigenvalue weighted by atomic mass is 35.5. The second kappa shape index (κ2) is 6.64. The fraction of sp³-hybridized carbons (Fsp3) is 0.353. The Morgan fingerprint density at radius 2 is 2.26 bits per heavy atom. The zero-order valence-corrected chi connectivity index (χ0v) is 13.8. The predicted molar refractivity (Wildman–Crippen MR) is 87.7 cm³/mol. The number of likely N-dealkylation sites (N-methyl/N-ethyl adjacent to an activating group) is 1. The Kier molecular flexibility index (Phi) is 4.59. The van der Waals surface area contributed by atoms with E-state index in [2.05, 4.69) is 5.32 Å². The first-order valence-corrected chi connectivity index (χ1v) is 7.85. The molecule has 23 heavy (non-hydrogen) atoms. The summed E-state index contributed by atoms with van der Waals surface area (Å²) in [5, 5.41) is 3.60. The number of amides is 1. The third kappa shape index (κ3) is 3.51. The molecule has 1 amide bonds. The van der Waals surface area contributed by atoms with Gasteiger partial charge in [0.15, 0.2) is 6.10 Å². The summed E-state index contributed by atoms with van der Waals surface area (Å²) >= 11 is 5.97. The number of fused-ring (bicyclic) bond motifs is 1. The summed E-state index contributed by atoms with van der Waals surface area (Å²) in [5.41, 5.74) is 0.966. The number of rotatable bonds is 5. The van der Waals surface area contributed by atoms with Crippen LogP contribution >= 0.6 is 11.6 Å². The van der Waals surface area contributed by atoms with Crippen molar-refractivity contribution < 1.29 is 13.9 Å². The molecular weight excluding hydrogens is 316 g/mol. The first kappa shape index (κ1) is 15.9. The van der Waals surface area contributed by atoms with Crippen molar-refractivity contribution in [1.82, 2.24) is 10.2 Å². The van der Waals surface area contributed by atoms with Crippen LogP contribution in [0.4, 0.5) is 0 Å². The van der Waals surface area contributed by atoms with Gasteiger partial charge in [-0.15, -0.1) is 0 Å². The second-order valence-corrected chi connectivity index (χ2v) is 6.24. The van der Waals surface area contributed by atoms with Crippen molar-refractivity contribution in [3.63, 3.8) is 0 Å². The lowest BCUT2D eigenvalue weighted by Crippen LogP contribution is -2.41. The normalized spacial score (nSPS) is 17.7. The monoisotopic (exact) mass is 334 g/mol. The molecule has 0 bridgehead atoms. The van der Waals surface area contributed by atoms with E-state index in [9.17, 15) is 4.79 Å². The van der Waals surface area contributed by atoms with Gasteiger partial charge in [-0.2, -0.15) is 0 Å². The minimum absolute atomic E-state index is 0.0211. The van der Waals surface area contributed by atoms with Gasteiger partial charge in [0, 0.05) is 18.0 Å². The summed E-state index contributed by atoms with van der Waals surface area (Å²) in [7, 11) is 3.90. The van der Waals surface area contributed by atoms with Gasteiger partial charge in [0.2, 0.25) is 0 Å². The molecule has 2 aromatic rings. The SMILES string of the molecule is CN(C)[C@@H](CNC(=O)[C@H]1Cc2cc(Cl)ccc2O1)c1ccco1. The smallest absolute Gasteiger partial charge is 0.261 e. The van der Waals surface area contributed by atoms with Gasteiger partial charge in [-0.25, -0.2) is 0 Å². The van der Waals surface area contributed by atoms with Gasteiger partial charge in [-0.05, 0) is 50.0 Å². The molecule has 3 rings (SSSR count). The van der Waals surface area contributed by atoms with Crippen molar-refractivity contribution in [3.05, 3.63) is 52.9 Å². The van der Waals surface area contributed by atoms with Gasteiger partial charge in [-0.1, -0.05) is 11.6 Å². The Labute approximate surface area is 140 Å². The maximum Gasteiger partial charge on any atom is 0.261 e. The molecule has 0 radical (unpaired) electrons. The van der Waals surface area contributed by atoms with Crippen LogP contribution in [0.25, 0.3) is 0 Å². The van der Waals surface area contributed by atoms with Crippen LogP contribution in [-0.4, -0.2) is 37.6 Å². The van der Waals surface area contributed by atoms with E-state index in [1.807, 2.05) is 37.2 Å². The van der Waals surface area contributed by atoms with Crippen molar-refractivity contribution in [2.75, 3.05) is 20.6 Å². The number of carbonyl (C=O) groups is 1. The van der Waals surface area contributed by atoms with Gasteiger partial charge in [0.1, 0.15) is 11.5 Å². The fourth-order valence-corrected chi connectivity index (χ4v) is 2.89. The topological polar surface area (TPSA) is 54.7 Å². The fourth-order valence-electron chi connectivity index (χ4n) is 2.69. The van der Waals surface area contributed by atoms with Crippen LogP contribution in [0, 0.1) is 0 Å². The largest absolute Gasteiger partial charge is 0.480 e. The van der Waals surface area contributed by atoms with Crippen molar-refractivity contribution in [2.45, 2.75) is 18.6 Å². The summed E-state index contributed by atoms with van der Waals surface area (Å²) in [6, 6.07) is 9.13. The average Bonchev–Trinajstić information content (AvgIpc) is 3.15. The van der Waals surface area contributed by atoms with E-state index in [0.717, 1.165) is 17.1 Å². The molecule has 2 atom stereocenters. The lowest BCUT2D eigenvalue weighted by atomic mass is 10.1. The van der Waals surface area contributed by atoms with E-state index in [0.29, 0.717) is 18.0 Å². The highest BCUT2D eigenvalue weighted by Gasteiger charge is 2.30. The number of halogens is 1. The molecular formula is C17H19ClN2O3. The van der Waals surface area contributed by atoms with Crippen molar-refractivity contribution >= 4 is 17.5 Å². The Bertz CT molecular complexity index is 685. The third-order valence-electron chi connectivity index (χ3n) is 3.95. The Morgan fingerprint density at radius 3 is 2.96 bits per heavy atom. The molecule has 1 aromatic carbocycles. The van der Waals surface area contributed by atoms with Gasteiger partial charge in [-0.3, -0.25) is 9.69 Å². The Balaban J connectivity index is 1.60. The van der Waals surface area contributed by atoms with E-state index >= 15 is 0 Å². The van der Waals surface area contributed by atoms with Crippen molar-refractivity contribution in [1.29, 1.82) is 0 Å². The molecule has 1 aliphatic rings. The Morgan fingerprint density at radius 1 is 1.43 bits per heavy atom. The molecule has 0 spiro atoms. The molecule has 1 aromatic heterocycles. The van der Waals surface area contributed by atoms with Crippen LogP contribution in [0.1, 0.15) is 17.4 Å². The van der Waals surface area contributed by atoms with Crippen LogP contribution in [0.5, 0.6) is 5.75 Å². The van der Waals surface area contributed by atoms with E-state index in [1.54, 1.807) is 18.4 Å². The summed E-state index contributed by atoms with van der Waals surface area (Å²) in [5.74, 6) is 1.41. The zero-order chi connectivity index (χ0) is 16.4. The van der Waals surface area contributed by atoms with Crippen LogP contribution in [0.15, 0.2) is 41.0 Å². The molecule has 0 saturated carbocycles. The lowest BCUT2D eigenvalue weighted by Gasteiger charge is -2.23. The van der Waals surface area contributed by atoms with Gasteiger partial charge in [0.25, 0.3) is 5.91 Å².